The average molecular weight is 562 g/mol. The summed E-state index contributed by atoms with van der Waals surface area (Å²) in [4.78, 5) is 0. The molecule has 0 N–H and O–H groups in total. The first-order chi connectivity index (χ1) is 14.9. The Morgan fingerprint density at radius 2 is 1.03 bits per heavy atom. The van der Waals surface area contributed by atoms with E-state index in [0.29, 0.717) is 0 Å². The third-order valence-electron chi connectivity index (χ3n) is 4.32. The summed E-state index contributed by atoms with van der Waals surface area (Å²) in [5.41, 5.74) is 0. The van der Waals surface area contributed by atoms with Crippen LogP contribution in [0.3, 0.4) is 0 Å². The molecule has 0 fully saturated rings. The fraction of sp³-hybridized carbons (Fsp3) is 0.0323. The third kappa shape index (κ3) is 12.2. The van der Waals surface area contributed by atoms with Crippen molar-refractivity contribution in [3.8, 4) is 0 Å². The number of allylic oxidation sites excluding steroid dienone is 4. The molecule has 5 aromatic rings. The Balaban J connectivity index is 0. The number of hydrogen-bond donors (Lipinski definition) is 0. The van der Waals surface area contributed by atoms with Gasteiger partial charge >= 0.3 is 26.2 Å². The number of rotatable bonds is 0. The Bertz CT molecular complexity index is 1020. The summed E-state index contributed by atoms with van der Waals surface area (Å²) in [7, 11) is 0. The summed E-state index contributed by atoms with van der Waals surface area (Å²) < 4.78 is 0. The van der Waals surface area contributed by atoms with E-state index in [9.17, 15) is 0 Å². The van der Waals surface area contributed by atoms with Crippen molar-refractivity contribution in [2.24, 2.45) is 0 Å². The zero-order chi connectivity index (χ0) is 20.7. The molecule has 0 bridgehead atoms. The van der Waals surface area contributed by atoms with Crippen LogP contribution in [0.4, 0.5) is 0 Å². The van der Waals surface area contributed by atoms with Crippen molar-refractivity contribution in [1.29, 1.82) is 0 Å². The molecule has 0 radical (unpaired) electrons. The Hall–Kier alpha value is -2.31. The van der Waals surface area contributed by atoms with Gasteiger partial charge in [0.05, 0.1) is 0 Å². The Kier molecular flexibility index (Phi) is 21.2. The largest absolute Gasteiger partial charge is 2.00 e. The Morgan fingerprint density at radius 3 is 1.29 bits per heavy atom. The molecule has 0 aromatic heterocycles. The smallest absolute Gasteiger partial charge is 1.00 e. The average Bonchev–Trinajstić information content (AvgIpc) is 3.54. The van der Waals surface area contributed by atoms with Crippen molar-refractivity contribution in [3.05, 3.63) is 159 Å². The molecule has 0 nitrogen and oxygen atoms in total. The van der Waals surface area contributed by atoms with Gasteiger partial charge < -0.3 is 32.2 Å². The molecule has 34 heavy (non-hydrogen) atoms. The molecule has 0 unspecified atom stereocenters. The van der Waals surface area contributed by atoms with Gasteiger partial charge in [-0.05, 0) is 0 Å². The SMILES string of the molecule is [C-]1=CC=CC1.[CH3-].[Cl-].[Cl-].[Zr+2].[c-]1ccccc1.[c-]1ccccc1.c1ccc2c(c1)[cH-]c1ccccc12. The van der Waals surface area contributed by atoms with Crippen LogP contribution in [0.25, 0.3) is 21.5 Å². The molecule has 6 rings (SSSR count). The molecular weight excluding hydrogens is 534 g/mol. The van der Waals surface area contributed by atoms with E-state index in [1.54, 1.807) is 0 Å². The van der Waals surface area contributed by atoms with E-state index in [2.05, 4.69) is 78.9 Å². The summed E-state index contributed by atoms with van der Waals surface area (Å²) >= 11 is 0. The van der Waals surface area contributed by atoms with Crippen molar-refractivity contribution < 1.29 is 51.0 Å². The summed E-state index contributed by atoms with van der Waals surface area (Å²) in [6.07, 6.45) is 10.0. The first kappa shape index (κ1) is 33.9. The second-order valence-electron chi connectivity index (χ2n) is 6.48. The maximum Gasteiger partial charge on any atom is 2.00 e. The van der Waals surface area contributed by atoms with Gasteiger partial charge in [0, 0.05) is 0 Å². The predicted octanol–water partition coefficient (Wildman–Crippen LogP) is 2.45. The van der Waals surface area contributed by atoms with Crippen molar-refractivity contribution in [2.45, 2.75) is 6.42 Å². The number of fused-ring (bicyclic) bond motifs is 3. The second kappa shape index (κ2) is 21.2. The van der Waals surface area contributed by atoms with Gasteiger partial charge in [-0.1, -0.05) is 36.4 Å². The van der Waals surface area contributed by atoms with Gasteiger partial charge in [-0.15, -0.1) is 46.2 Å². The molecule has 5 aromatic carbocycles. The van der Waals surface area contributed by atoms with E-state index in [-0.39, 0.29) is 58.4 Å². The van der Waals surface area contributed by atoms with E-state index in [1.165, 1.54) is 21.5 Å². The minimum absolute atomic E-state index is 0. The van der Waals surface area contributed by atoms with Crippen LogP contribution in [0, 0.1) is 25.6 Å². The van der Waals surface area contributed by atoms with Crippen LogP contribution in [-0.4, -0.2) is 0 Å². The topological polar surface area (TPSA) is 0 Å². The zero-order valence-electron chi connectivity index (χ0n) is 19.2. The molecular formula is C31H27Cl2Zr-5. The van der Waals surface area contributed by atoms with E-state index in [0.717, 1.165) is 6.42 Å². The monoisotopic (exact) mass is 559 g/mol. The summed E-state index contributed by atoms with van der Waals surface area (Å²) in [6.45, 7) is 0. The van der Waals surface area contributed by atoms with Gasteiger partial charge in [-0.25, -0.2) is 12.2 Å². The summed E-state index contributed by atoms with van der Waals surface area (Å²) in [5.74, 6) is 0. The molecule has 0 heterocycles. The van der Waals surface area contributed by atoms with E-state index in [1.807, 2.05) is 72.8 Å². The van der Waals surface area contributed by atoms with Crippen LogP contribution in [0.5, 0.6) is 0 Å². The van der Waals surface area contributed by atoms with Gasteiger partial charge in [0.2, 0.25) is 0 Å². The van der Waals surface area contributed by atoms with Crippen LogP contribution in [0.15, 0.2) is 133 Å². The minimum Gasteiger partial charge on any atom is -1.00 e. The van der Waals surface area contributed by atoms with Gasteiger partial charge in [-0.2, -0.15) is 78.9 Å². The maximum absolute atomic E-state index is 2.99. The van der Waals surface area contributed by atoms with Crippen LogP contribution in [-0.2, 0) is 26.2 Å². The number of halogens is 2. The molecule has 1 aliphatic carbocycles. The summed E-state index contributed by atoms with van der Waals surface area (Å²) in [6, 6.07) is 44.3. The van der Waals surface area contributed by atoms with Crippen LogP contribution >= 0.6 is 0 Å². The predicted molar refractivity (Wildman–Crippen MR) is 136 cm³/mol. The molecule has 0 spiro atoms. The van der Waals surface area contributed by atoms with Crippen molar-refractivity contribution in [2.75, 3.05) is 0 Å². The van der Waals surface area contributed by atoms with Gasteiger partial charge in [0.1, 0.15) is 0 Å². The van der Waals surface area contributed by atoms with Gasteiger partial charge in [0.25, 0.3) is 0 Å². The fourth-order valence-electron chi connectivity index (χ4n) is 2.93. The quantitative estimate of drug-likeness (QED) is 0.255. The summed E-state index contributed by atoms with van der Waals surface area (Å²) in [5, 5.41) is 5.39. The molecule has 0 saturated carbocycles. The standard InChI is InChI=1S/C13H9.2C6H5.C5H5.CH3.2ClH.Zr/c1-3-7-12-10(5-1)9-11-6-2-4-8-13(11)12;2*1-2-4-6-5-3-1;1-2-4-5-3-1;;;;/h1-9H;2*1-5H;1-3H,4H2;1H3;2*1H;/q5*-1;;;+2/p-2. The number of benzene rings is 4. The molecule has 1 aliphatic rings. The van der Waals surface area contributed by atoms with Crippen LogP contribution in [0.1, 0.15) is 6.42 Å². The first-order valence-electron chi connectivity index (χ1n) is 10.0. The second-order valence-corrected chi connectivity index (χ2v) is 6.48. The molecule has 3 heteroatoms. The molecule has 0 saturated heterocycles. The number of hydrogen-bond acceptors (Lipinski definition) is 0. The zero-order valence-corrected chi connectivity index (χ0v) is 23.1. The fourth-order valence-corrected chi connectivity index (χ4v) is 2.93. The minimum atomic E-state index is 0. The molecule has 174 valence electrons. The third-order valence-corrected chi connectivity index (χ3v) is 4.32. The normalized spacial score (nSPS) is 9.65. The molecule has 0 amide bonds. The maximum atomic E-state index is 2.99. The van der Waals surface area contributed by atoms with Crippen molar-refractivity contribution in [1.82, 2.24) is 0 Å². The van der Waals surface area contributed by atoms with Crippen LogP contribution in [0.2, 0.25) is 0 Å². The Labute approximate surface area is 236 Å². The molecule has 0 atom stereocenters. The van der Waals surface area contributed by atoms with Crippen molar-refractivity contribution in [3.63, 3.8) is 0 Å². The van der Waals surface area contributed by atoms with Crippen molar-refractivity contribution >= 4 is 21.5 Å². The van der Waals surface area contributed by atoms with Crippen LogP contribution < -0.4 is 24.8 Å². The van der Waals surface area contributed by atoms with E-state index < -0.39 is 0 Å². The van der Waals surface area contributed by atoms with Gasteiger partial charge in [-0.3, -0.25) is 6.08 Å². The Morgan fingerprint density at radius 1 is 0.588 bits per heavy atom. The van der Waals surface area contributed by atoms with Gasteiger partial charge in [0.15, 0.2) is 0 Å². The van der Waals surface area contributed by atoms with E-state index >= 15 is 0 Å². The molecule has 0 aliphatic heterocycles. The first-order valence-corrected chi connectivity index (χ1v) is 10.0. The van der Waals surface area contributed by atoms with E-state index in [4.69, 9.17) is 0 Å².